The van der Waals surface area contributed by atoms with Crippen LogP contribution in [0, 0.1) is 0 Å². The van der Waals surface area contributed by atoms with Gasteiger partial charge in [0.1, 0.15) is 18.1 Å². The van der Waals surface area contributed by atoms with Gasteiger partial charge in [-0.2, -0.15) is 0 Å². The smallest absolute Gasteiger partial charge is 0.321 e. The Morgan fingerprint density at radius 2 is 1.95 bits per heavy atom. The van der Waals surface area contributed by atoms with Gasteiger partial charge in [0.15, 0.2) is 14.4 Å². The summed E-state index contributed by atoms with van der Waals surface area (Å²) in [7, 11) is -1.80. The van der Waals surface area contributed by atoms with Crippen LogP contribution in [0.4, 0.5) is 0 Å². The third kappa shape index (κ3) is 4.98. The summed E-state index contributed by atoms with van der Waals surface area (Å²) < 4.78 is 17.4. The van der Waals surface area contributed by atoms with Crippen LogP contribution in [-0.4, -0.2) is 43.8 Å². The molecule has 4 nitrogen and oxygen atoms in total. The van der Waals surface area contributed by atoms with Gasteiger partial charge in [0, 0.05) is 5.33 Å². The van der Waals surface area contributed by atoms with Gasteiger partial charge in [-0.05, 0) is 24.2 Å². The lowest BCUT2D eigenvalue weighted by Crippen LogP contribution is -2.51. The van der Waals surface area contributed by atoms with E-state index in [0.717, 1.165) is 18.1 Å². The highest BCUT2D eigenvalue weighted by Gasteiger charge is 2.40. The number of carbonyl (C=O) groups is 1. The van der Waals surface area contributed by atoms with E-state index in [4.69, 9.17) is 25.5 Å². The molecule has 0 amide bonds. The largest absolute Gasteiger partial charge is 0.493 e. The lowest BCUT2D eigenvalue weighted by Gasteiger charge is -2.39. The molecule has 21 heavy (non-hydrogen) atoms. The minimum Gasteiger partial charge on any atom is -0.493 e. The van der Waals surface area contributed by atoms with Crippen LogP contribution in [0.2, 0.25) is 18.1 Å². The lowest BCUT2D eigenvalue weighted by atomic mass is 10.1. The van der Waals surface area contributed by atoms with Crippen molar-refractivity contribution in [1.82, 2.24) is 0 Å². The molecule has 0 bridgehead atoms. The molecule has 0 aliphatic carbocycles. The molecule has 0 aromatic heterocycles. The molecular weight excluding hydrogens is 376 g/mol. The number of carbonyl (C=O) groups excluding carboxylic acids is 1. The molecule has 0 spiro atoms. The van der Waals surface area contributed by atoms with Gasteiger partial charge in [-0.25, -0.2) is 0 Å². The Hall–Kier alpha value is -0.0431. The van der Waals surface area contributed by atoms with Crippen molar-refractivity contribution in [3.8, 4) is 0 Å². The first-order valence-corrected chi connectivity index (χ1v) is 11.6. The van der Waals surface area contributed by atoms with Crippen molar-refractivity contribution in [1.29, 1.82) is 0 Å². The molecule has 7 heteroatoms. The van der Waals surface area contributed by atoms with Crippen LogP contribution in [0.3, 0.4) is 0 Å². The van der Waals surface area contributed by atoms with Crippen LogP contribution in [0.25, 0.3) is 0 Å². The SMILES string of the molecule is CC[Si](CC)(CC)O[C@@H]1C=CO[C@H](CBr)[C@H]1OC(=O)CCl. The second-order valence-corrected chi connectivity index (χ2v) is 10.7. The fraction of sp³-hybridized carbons (Fsp3) is 0.786. The van der Waals surface area contributed by atoms with Crippen molar-refractivity contribution in [2.45, 2.75) is 57.2 Å². The standard InChI is InChI=1S/C14H24BrClO4Si/c1-4-21(5-2,6-3)20-11-7-8-18-12(9-15)14(11)19-13(17)10-16/h7-8,11-12,14H,4-6,9-10H2,1-3H3/t11-,12-,14+/m1/s1. The normalized spacial score (nSPS) is 25.5. The van der Waals surface area contributed by atoms with Gasteiger partial charge in [0.05, 0.1) is 6.26 Å². The van der Waals surface area contributed by atoms with Crippen LogP contribution in [0.5, 0.6) is 0 Å². The van der Waals surface area contributed by atoms with Crippen LogP contribution in [0.15, 0.2) is 12.3 Å². The summed E-state index contributed by atoms with van der Waals surface area (Å²) in [6, 6.07) is 3.13. The topological polar surface area (TPSA) is 44.8 Å². The van der Waals surface area contributed by atoms with Crippen molar-refractivity contribution >= 4 is 41.8 Å². The molecule has 0 aromatic carbocycles. The summed E-state index contributed by atoms with van der Waals surface area (Å²) in [5.74, 6) is -0.614. The third-order valence-electron chi connectivity index (χ3n) is 4.06. The van der Waals surface area contributed by atoms with E-state index in [-0.39, 0.29) is 18.1 Å². The first-order chi connectivity index (χ1) is 10.1. The Morgan fingerprint density at radius 3 is 2.43 bits per heavy atom. The van der Waals surface area contributed by atoms with Crippen molar-refractivity contribution in [3.05, 3.63) is 12.3 Å². The number of esters is 1. The second-order valence-electron chi connectivity index (χ2n) is 5.07. The van der Waals surface area contributed by atoms with E-state index in [1.54, 1.807) is 6.26 Å². The highest BCUT2D eigenvalue weighted by molar-refractivity contribution is 9.09. The zero-order chi connectivity index (χ0) is 15.9. The Labute approximate surface area is 141 Å². The highest BCUT2D eigenvalue weighted by Crippen LogP contribution is 2.29. The van der Waals surface area contributed by atoms with Gasteiger partial charge in [-0.1, -0.05) is 36.7 Å². The maximum absolute atomic E-state index is 11.6. The Balaban J connectivity index is 2.91. The summed E-state index contributed by atoms with van der Waals surface area (Å²) >= 11 is 8.94. The van der Waals surface area contributed by atoms with Crippen LogP contribution >= 0.6 is 27.5 Å². The quantitative estimate of drug-likeness (QED) is 0.353. The Kier molecular flexibility index (Phi) is 8.30. The van der Waals surface area contributed by atoms with Gasteiger partial charge >= 0.3 is 5.97 Å². The van der Waals surface area contributed by atoms with Crippen LogP contribution in [-0.2, 0) is 18.7 Å². The van der Waals surface area contributed by atoms with Crippen molar-refractivity contribution in [2.75, 3.05) is 11.2 Å². The third-order valence-corrected chi connectivity index (χ3v) is 9.55. The van der Waals surface area contributed by atoms with Crippen LogP contribution < -0.4 is 0 Å². The van der Waals surface area contributed by atoms with Crippen molar-refractivity contribution < 1.29 is 18.7 Å². The Morgan fingerprint density at radius 1 is 1.33 bits per heavy atom. The molecule has 0 unspecified atom stereocenters. The van der Waals surface area contributed by atoms with E-state index < -0.39 is 20.4 Å². The zero-order valence-electron chi connectivity index (χ0n) is 12.8. The number of alkyl halides is 2. The van der Waals surface area contributed by atoms with E-state index in [9.17, 15) is 4.79 Å². The fourth-order valence-corrected chi connectivity index (χ4v) is 5.84. The van der Waals surface area contributed by atoms with Crippen molar-refractivity contribution in [3.63, 3.8) is 0 Å². The average molecular weight is 400 g/mol. The molecule has 0 radical (unpaired) electrons. The van der Waals surface area contributed by atoms with E-state index in [0.29, 0.717) is 5.33 Å². The highest BCUT2D eigenvalue weighted by atomic mass is 79.9. The monoisotopic (exact) mass is 398 g/mol. The molecule has 3 atom stereocenters. The fourth-order valence-electron chi connectivity index (χ4n) is 2.47. The predicted octanol–water partition coefficient (Wildman–Crippen LogP) is 3.83. The first kappa shape index (κ1) is 19.0. The summed E-state index contributed by atoms with van der Waals surface area (Å²) in [6.07, 6.45) is 2.50. The molecule has 122 valence electrons. The van der Waals surface area contributed by atoms with E-state index in [1.165, 1.54) is 0 Å². The number of rotatable bonds is 8. The zero-order valence-corrected chi connectivity index (χ0v) is 16.2. The molecule has 1 aliphatic rings. The Bertz CT molecular complexity index is 355. The summed E-state index contributed by atoms with van der Waals surface area (Å²) in [6.45, 7) is 6.51. The minimum atomic E-state index is -1.80. The minimum absolute atomic E-state index is 0.167. The molecule has 1 heterocycles. The second kappa shape index (κ2) is 9.18. The summed E-state index contributed by atoms with van der Waals surface area (Å²) in [5.41, 5.74) is 0. The molecule has 0 saturated carbocycles. The molecule has 0 N–H and O–H groups in total. The van der Waals surface area contributed by atoms with Gasteiger partial charge in [-0.15, -0.1) is 11.6 Å². The average Bonchev–Trinajstić information content (AvgIpc) is 2.53. The van der Waals surface area contributed by atoms with Gasteiger partial charge in [-0.3, -0.25) is 4.79 Å². The van der Waals surface area contributed by atoms with E-state index in [1.807, 2.05) is 6.08 Å². The number of hydrogen-bond acceptors (Lipinski definition) is 4. The number of ether oxygens (including phenoxy) is 2. The molecule has 0 aromatic rings. The lowest BCUT2D eigenvalue weighted by molar-refractivity contribution is -0.159. The molecule has 0 saturated heterocycles. The van der Waals surface area contributed by atoms with Gasteiger partial charge in [0.25, 0.3) is 0 Å². The van der Waals surface area contributed by atoms with E-state index >= 15 is 0 Å². The first-order valence-electron chi connectivity index (χ1n) is 7.37. The summed E-state index contributed by atoms with van der Waals surface area (Å²) in [4.78, 5) is 11.6. The predicted molar refractivity (Wildman–Crippen MR) is 90.5 cm³/mol. The number of hydrogen-bond donors (Lipinski definition) is 0. The number of halogens is 2. The molecule has 1 rings (SSSR count). The van der Waals surface area contributed by atoms with Gasteiger partial charge in [0.2, 0.25) is 0 Å². The maximum Gasteiger partial charge on any atom is 0.321 e. The maximum atomic E-state index is 11.6. The van der Waals surface area contributed by atoms with Gasteiger partial charge < -0.3 is 13.9 Å². The molecule has 0 fully saturated rings. The molecule has 1 aliphatic heterocycles. The summed E-state index contributed by atoms with van der Waals surface area (Å²) in [5, 5.41) is 0.566. The van der Waals surface area contributed by atoms with Crippen LogP contribution in [0.1, 0.15) is 20.8 Å². The molecular formula is C14H24BrClO4Si. The van der Waals surface area contributed by atoms with Crippen molar-refractivity contribution in [2.24, 2.45) is 0 Å². The van der Waals surface area contributed by atoms with E-state index in [2.05, 4.69) is 36.7 Å².